The number of amides is 1. The van der Waals surface area contributed by atoms with E-state index in [0.717, 1.165) is 30.7 Å². The summed E-state index contributed by atoms with van der Waals surface area (Å²) in [5.41, 5.74) is 5.96. The Bertz CT molecular complexity index is 1970. The number of hydrogen-bond donors (Lipinski definition) is 1. The van der Waals surface area contributed by atoms with Gasteiger partial charge in [-0.1, -0.05) is 17.7 Å². The zero-order valence-corrected chi connectivity index (χ0v) is 27.4. The summed E-state index contributed by atoms with van der Waals surface area (Å²) in [7, 11) is 3.35. The van der Waals surface area contributed by atoms with E-state index in [-0.39, 0.29) is 90.1 Å². The summed E-state index contributed by atoms with van der Waals surface area (Å²) in [4.78, 5) is 28.7. The maximum absolute atomic E-state index is 17.0. The Kier molecular flexibility index (Phi) is 8.10. The summed E-state index contributed by atoms with van der Waals surface area (Å²) in [6.45, 7) is 11.4. The van der Waals surface area contributed by atoms with Gasteiger partial charge in [0.15, 0.2) is 11.6 Å². The molecular weight excluding hydrogens is 654 g/mol. The quantitative estimate of drug-likeness (QED) is 0.230. The number of likely N-dealkylation sites (N-methyl/N-ethyl adjacent to an activating group) is 1. The van der Waals surface area contributed by atoms with Crippen molar-refractivity contribution in [1.29, 1.82) is 0 Å². The number of halogens is 3. The number of aromatic nitrogens is 2. The van der Waals surface area contributed by atoms with Crippen LogP contribution in [0.3, 0.4) is 0 Å². The number of methoxy groups -OCH3 is 1. The molecule has 2 saturated heterocycles. The van der Waals surface area contributed by atoms with Crippen molar-refractivity contribution in [2.75, 3.05) is 46.1 Å². The predicted molar refractivity (Wildman–Crippen MR) is 174 cm³/mol. The highest BCUT2D eigenvalue weighted by Gasteiger charge is 2.39. The maximum atomic E-state index is 17.0. The molecule has 0 spiro atoms. The van der Waals surface area contributed by atoms with Gasteiger partial charge in [0.2, 0.25) is 11.6 Å². The molecule has 2 fully saturated rings. The standard InChI is InChI=1S/C32H31ClF2N6O5S/c1-14(18-6-5-10-40(18)3)45-31-38-25-22-27(44-13-19(46-30(22)39-31)15-9-11-41(12-15)32(42)43-4)23(33)20(24(25)35)16-7-8-17(34)28-21(16)26(37-2)29(36)47-28/h7-8,14-15,18-19H,5-6,9-13,36H2,1,3-4H3/t14-,15?,18-,19?/m0/s1. The monoisotopic (exact) mass is 684 g/mol. The van der Waals surface area contributed by atoms with Crippen LogP contribution >= 0.6 is 22.9 Å². The Morgan fingerprint density at radius 1 is 1.26 bits per heavy atom. The SMILES string of the molecule is [C-]#[N+]c1c(N)sc2c(F)ccc(-c3c(Cl)c4c5c(nc(O[C@@H](C)[C@@H]6CCCN6C)nc5c3F)OC(C3CCN(C(=O)OC)C3)CO4)c12. The number of carbonyl (C=O) groups excluding carboxylic acids is 1. The molecule has 246 valence electrons. The third-order valence-electron chi connectivity index (χ3n) is 9.35. The van der Waals surface area contributed by atoms with E-state index in [1.165, 1.54) is 19.2 Å². The van der Waals surface area contributed by atoms with Crippen molar-refractivity contribution in [2.45, 2.75) is 44.4 Å². The molecule has 2 N–H and O–H groups in total. The van der Waals surface area contributed by atoms with Crippen LogP contribution in [0.4, 0.5) is 24.3 Å². The lowest BCUT2D eigenvalue weighted by Crippen LogP contribution is -2.38. The van der Waals surface area contributed by atoms with E-state index in [9.17, 15) is 9.18 Å². The average Bonchev–Trinajstić information content (AvgIpc) is 3.77. The summed E-state index contributed by atoms with van der Waals surface area (Å²) < 4.78 is 55.9. The molecule has 4 aromatic rings. The first-order valence-corrected chi connectivity index (χ1v) is 16.4. The van der Waals surface area contributed by atoms with Crippen LogP contribution in [0, 0.1) is 24.1 Å². The Labute approximate surface area is 277 Å². The number of nitrogen functional groups attached to an aromatic ring is 1. The molecule has 1 amide bonds. The van der Waals surface area contributed by atoms with E-state index >= 15 is 4.39 Å². The Balaban J connectivity index is 1.40. The van der Waals surface area contributed by atoms with Crippen molar-refractivity contribution in [1.82, 2.24) is 19.8 Å². The summed E-state index contributed by atoms with van der Waals surface area (Å²) in [6.07, 6.45) is 1.21. The number of carbonyl (C=O) groups is 1. The number of fused-ring (bicyclic) bond motifs is 1. The molecule has 0 radical (unpaired) electrons. The first kappa shape index (κ1) is 31.4. The van der Waals surface area contributed by atoms with Crippen molar-refractivity contribution >= 4 is 60.7 Å². The molecule has 47 heavy (non-hydrogen) atoms. The van der Waals surface area contributed by atoms with E-state index in [0.29, 0.717) is 19.5 Å². The number of nitrogens with zero attached hydrogens (tertiary/aromatic N) is 5. The zero-order chi connectivity index (χ0) is 33.1. The number of hydrogen-bond acceptors (Lipinski definition) is 10. The van der Waals surface area contributed by atoms with Crippen molar-refractivity contribution < 1.29 is 32.5 Å². The highest BCUT2D eigenvalue weighted by molar-refractivity contribution is 7.23. The molecule has 0 bridgehead atoms. The molecule has 2 aromatic heterocycles. The van der Waals surface area contributed by atoms with Crippen LogP contribution in [0.25, 0.3) is 37.0 Å². The van der Waals surface area contributed by atoms with Crippen LogP contribution in [0.1, 0.15) is 26.2 Å². The smallest absolute Gasteiger partial charge is 0.409 e. The lowest BCUT2D eigenvalue weighted by atomic mass is 9.98. The van der Waals surface area contributed by atoms with Crippen molar-refractivity contribution in [3.63, 3.8) is 0 Å². The summed E-state index contributed by atoms with van der Waals surface area (Å²) in [5.74, 6) is -1.48. The van der Waals surface area contributed by atoms with E-state index < -0.39 is 23.8 Å². The largest absolute Gasteiger partial charge is 0.487 e. The molecule has 4 atom stereocenters. The lowest BCUT2D eigenvalue weighted by Gasteiger charge is -2.26. The highest BCUT2D eigenvalue weighted by Crippen LogP contribution is 2.52. The lowest BCUT2D eigenvalue weighted by molar-refractivity contribution is 0.0793. The molecule has 7 rings (SSSR count). The van der Waals surface area contributed by atoms with E-state index in [2.05, 4.69) is 19.7 Å². The fraction of sp³-hybridized carbons (Fsp3) is 0.438. The Hall–Kier alpha value is -4.19. The van der Waals surface area contributed by atoms with Crippen LogP contribution in [0.2, 0.25) is 5.02 Å². The highest BCUT2D eigenvalue weighted by atomic mass is 35.5. The molecular formula is C32H31ClF2N6O5S. The fourth-order valence-corrected chi connectivity index (χ4v) is 8.23. The van der Waals surface area contributed by atoms with Gasteiger partial charge < -0.3 is 29.6 Å². The second-order valence-electron chi connectivity index (χ2n) is 12.0. The van der Waals surface area contributed by atoms with E-state index in [1.54, 1.807) is 4.90 Å². The van der Waals surface area contributed by atoms with Gasteiger partial charge in [0, 0.05) is 36.0 Å². The summed E-state index contributed by atoms with van der Waals surface area (Å²) in [6, 6.07) is 2.58. The molecule has 3 aliphatic heterocycles. The van der Waals surface area contributed by atoms with Crippen LogP contribution < -0.4 is 19.9 Å². The number of likely N-dealkylation sites (tertiary alicyclic amines) is 2. The number of nitrogens with two attached hydrogens (primary N) is 1. The first-order chi connectivity index (χ1) is 22.6. The number of rotatable bonds is 5. The van der Waals surface area contributed by atoms with Gasteiger partial charge in [-0.05, 0) is 51.4 Å². The molecule has 11 nitrogen and oxygen atoms in total. The first-order valence-electron chi connectivity index (χ1n) is 15.2. The van der Waals surface area contributed by atoms with Crippen molar-refractivity contribution in [3.05, 3.63) is 40.2 Å². The van der Waals surface area contributed by atoms with Crippen LogP contribution in [0.15, 0.2) is 12.1 Å². The molecule has 0 saturated carbocycles. The van der Waals surface area contributed by atoms with Gasteiger partial charge in [0.25, 0.3) is 0 Å². The van der Waals surface area contributed by atoms with Crippen LogP contribution in [0.5, 0.6) is 17.6 Å². The zero-order valence-electron chi connectivity index (χ0n) is 25.8. The maximum Gasteiger partial charge on any atom is 0.409 e. The van der Waals surface area contributed by atoms with E-state index in [1.807, 2.05) is 14.0 Å². The minimum atomic E-state index is -0.843. The summed E-state index contributed by atoms with van der Waals surface area (Å²) >= 11 is 7.89. The second kappa shape index (κ2) is 12.1. The second-order valence-corrected chi connectivity index (χ2v) is 13.5. The Morgan fingerprint density at radius 3 is 2.79 bits per heavy atom. The summed E-state index contributed by atoms with van der Waals surface area (Å²) in [5, 5.41) is 0.256. The van der Waals surface area contributed by atoms with Gasteiger partial charge in [-0.3, -0.25) is 4.90 Å². The van der Waals surface area contributed by atoms with Gasteiger partial charge >= 0.3 is 12.1 Å². The molecule has 15 heteroatoms. The number of anilines is 1. The van der Waals surface area contributed by atoms with Gasteiger partial charge in [-0.25, -0.2) is 18.4 Å². The number of benzene rings is 2. The minimum Gasteiger partial charge on any atom is -0.487 e. The fourth-order valence-electron chi connectivity index (χ4n) is 6.96. The number of thiophene rings is 1. The third-order valence-corrected chi connectivity index (χ3v) is 10.7. The van der Waals surface area contributed by atoms with Crippen LogP contribution in [-0.2, 0) is 4.74 Å². The van der Waals surface area contributed by atoms with Gasteiger partial charge in [-0.15, -0.1) is 11.3 Å². The normalized spacial score (nSPS) is 21.7. The van der Waals surface area contributed by atoms with Gasteiger partial charge in [-0.2, -0.15) is 9.97 Å². The van der Waals surface area contributed by atoms with Gasteiger partial charge in [0.1, 0.15) is 35.5 Å². The predicted octanol–water partition coefficient (Wildman–Crippen LogP) is 6.67. The molecule has 0 aliphatic carbocycles. The Morgan fingerprint density at radius 2 is 2.06 bits per heavy atom. The molecule has 2 aromatic carbocycles. The van der Waals surface area contributed by atoms with Gasteiger partial charge in [0.05, 0.1) is 28.4 Å². The molecule has 3 aliphatic rings. The van der Waals surface area contributed by atoms with Crippen LogP contribution in [-0.4, -0.2) is 84.5 Å². The minimum absolute atomic E-state index is 0.00328. The average molecular weight is 685 g/mol. The van der Waals surface area contributed by atoms with E-state index in [4.69, 9.17) is 42.9 Å². The molecule has 5 heterocycles. The van der Waals surface area contributed by atoms with Crippen molar-refractivity contribution in [3.8, 4) is 28.8 Å². The number of ether oxygens (including phenoxy) is 4. The topological polar surface area (TPSA) is 117 Å². The third kappa shape index (κ3) is 5.21. The molecule has 2 unspecified atom stereocenters. The van der Waals surface area contributed by atoms with Crippen molar-refractivity contribution in [2.24, 2.45) is 5.92 Å².